The van der Waals surface area contributed by atoms with Crippen LogP contribution in [0, 0.1) is 0 Å². The number of nitrogens with two attached hydrogens (primary N) is 1. The number of esters is 1. The highest BCUT2D eigenvalue weighted by Gasteiger charge is 2.09. The fourth-order valence-corrected chi connectivity index (χ4v) is 0.966. The van der Waals surface area contributed by atoms with E-state index in [9.17, 15) is 4.79 Å². The molecule has 6 heteroatoms. The molecule has 1 aromatic carbocycles. The van der Waals surface area contributed by atoms with Gasteiger partial charge in [0.25, 0.3) is 0 Å². The standard InChI is InChI=1S/C9H10N4O2/c1-2-8(14)15-9-6(10)4-3-5-7(9)12-13-11/h3-5H,2,10H2,1H3. The molecule has 0 radical (unpaired) electrons. The van der Waals surface area contributed by atoms with Gasteiger partial charge in [0.05, 0.1) is 11.4 Å². The van der Waals surface area contributed by atoms with Gasteiger partial charge in [-0.15, -0.1) is 0 Å². The second-order valence-electron chi connectivity index (χ2n) is 2.71. The number of nitrogens with zero attached hydrogens (tertiary/aromatic N) is 3. The Morgan fingerprint density at radius 1 is 1.67 bits per heavy atom. The smallest absolute Gasteiger partial charge is 0.310 e. The van der Waals surface area contributed by atoms with Crippen LogP contribution in [0.4, 0.5) is 11.4 Å². The maximum Gasteiger partial charge on any atom is 0.310 e. The molecule has 0 bridgehead atoms. The number of para-hydroxylation sites is 1. The number of nitrogen functional groups attached to an aromatic ring is 1. The van der Waals surface area contributed by atoms with E-state index in [1.54, 1.807) is 19.1 Å². The van der Waals surface area contributed by atoms with Crippen LogP contribution in [0.15, 0.2) is 23.3 Å². The highest BCUT2D eigenvalue weighted by atomic mass is 16.5. The van der Waals surface area contributed by atoms with Crippen molar-refractivity contribution in [2.75, 3.05) is 5.73 Å². The second kappa shape index (κ2) is 4.88. The van der Waals surface area contributed by atoms with E-state index in [1.165, 1.54) is 6.07 Å². The maximum atomic E-state index is 11.1. The summed E-state index contributed by atoms with van der Waals surface area (Å²) in [5, 5.41) is 3.38. The minimum atomic E-state index is -0.428. The van der Waals surface area contributed by atoms with E-state index < -0.39 is 5.97 Å². The highest BCUT2D eigenvalue weighted by Crippen LogP contribution is 2.33. The number of azide groups is 1. The summed E-state index contributed by atoms with van der Waals surface area (Å²) in [4.78, 5) is 13.7. The molecule has 78 valence electrons. The molecule has 1 aromatic rings. The van der Waals surface area contributed by atoms with E-state index in [1.807, 2.05) is 0 Å². The summed E-state index contributed by atoms with van der Waals surface area (Å²) in [6.45, 7) is 1.66. The normalized spacial score (nSPS) is 9.13. The van der Waals surface area contributed by atoms with Crippen LogP contribution < -0.4 is 10.5 Å². The molecule has 0 aliphatic rings. The van der Waals surface area contributed by atoms with Gasteiger partial charge in [-0.2, -0.15) is 0 Å². The second-order valence-corrected chi connectivity index (χ2v) is 2.71. The lowest BCUT2D eigenvalue weighted by Gasteiger charge is -2.08. The zero-order chi connectivity index (χ0) is 11.3. The van der Waals surface area contributed by atoms with E-state index in [0.717, 1.165) is 0 Å². The largest absolute Gasteiger partial charge is 0.424 e. The molecule has 0 spiro atoms. The van der Waals surface area contributed by atoms with Crippen LogP contribution in [-0.4, -0.2) is 5.97 Å². The molecule has 2 N–H and O–H groups in total. The summed E-state index contributed by atoms with van der Waals surface area (Å²) in [7, 11) is 0. The lowest BCUT2D eigenvalue weighted by atomic mass is 10.2. The monoisotopic (exact) mass is 206 g/mol. The third-order valence-electron chi connectivity index (χ3n) is 1.68. The van der Waals surface area contributed by atoms with E-state index in [-0.39, 0.29) is 23.5 Å². The molecule has 0 heterocycles. The topological polar surface area (TPSA) is 101 Å². The number of ether oxygens (including phenoxy) is 1. The van der Waals surface area contributed by atoms with Crippen molar-refractivity contribution in [3.05, 3.63) is 28.6 Å². The summed E-state index contributed by atoms with van der Waals surface area (Å²) in [5.74, 6) is -0.315. The van der Waals surface area contributed by atoms with Crippen molar-refractivity contribution in [3.8, 4) is 5.75 Å². The number of carbonyl (C=O) groups is 1. The zero-order valence-electron chi connectivity index (χ0n) is 8.17. The summed E-state index contributed by atoms with van der Waals surface area (Å²) < 4.78 is 4.95. The Bertz CT molecular complexity index is 424. The van der Waals surface area contributed by atoms with Gasteiger partial charge in [-0.3, -0.25) is 4.79 Å². The number of rotatable bonds is 3. The van der Waals surface area contributed by atoms with Crippen LogP contribution in [0.1, 0.15) is 13.3 Å². The lowest BCUT2D eigenvalue weighted by molar-refractivity contribution is -0.133. The Balaban J connectivity index is 3.12. The van der Waals surface area contributed by atoms with Gasteiger partial charge in [-0.1, -0.05) is 18.1 Å². The van der Waals surface area contributed by atoms with Crippen molar-refractivity contribution in [1.29, 1.82) is 0 Å². The van der Waals surface area contributed by atoms with E-state index in [4.69, 9.17) is 16.0 Å². The number of anilines is 1. The van der Waals surface area contributed by atoms with Crippen LogP contribution in [0.2, 0.25) is 0 Å². The van der Waals surface area contributed by atoms with Crippen molar-refractivity contribution in [1.82, 2.24) is 0 Å². The molecular formula is C9H10N4O2. The summed E-state index contributed by atoms with van der Waals surface area (Å²) in [6.07, 6.45) is 0.226. The molecule has 0 atom stereocenters. The average molecular weight is 206 g/mol. The number of carbonyl (C=O) groups excluding carboxylic acids is 1. The van der Waals surface area contributed by atoms with Crippen LogP contribution in [0.5, 0.6) is 5.75 Å². The van der Waals surface area contributed by atoms with Gasteiger partial charge < -0.3 is 10.5 Å². The minimum absolute atomic E-state index is 0.113. The molecule has 0 saturated carbocycles. The van der Waals surface area contributed by atoms with Crippen molar-refractivity contribution < 1.29 is 9.53 Å². The Morgan fingerprint density at radius 2 is 2.40 bits per heavy atom. The fraction of sp³-hybridized carbons (Fsp3) is 0.222. The Labute approximate surface area is 86.3 Å². The Morgan fingerprint density at radius 3 is 3.00 bits per heavy atom. The van der Waals surface area contributed by atoms with Crippen LogP contribution in [0.3, 0.4) is 0 Å². The molecule has 0 saturated heterocycles. The van der Waals surface area contributed by atoms with Gasteiger partial charge in [0.2, 0.25) is 0 Å². The summed E-state index contributed by atoms with van der Waals surface area (Å²) >= 11 is 0. The van der Waals surface area contributed by atoms with Gasteiger partial charge in [0.1, 0.15) is 0 Å². The fourth-order valence-electron chi connectivity index (χ4n) is 0.966. The van der Waals surface area contributed by atoms with Crippen molar-refractivity contribution in [2.45, 2.75) is 13.3 Å². The zero-order valence-corrected chi connectivity index (χ0v) is 8.17. The molecule has 0 aromatic heterocycles. The molecule has 15 heavy (non-hydrogen) atoms. The van der Waals surface area contributed by atoms with Gasteiger partial charge in [-0.05, 0) is 17.7 Å². The molecule has 0 amide bonds. The Kier molecular flexibility index (Phi) is 3.54. The predicted molar refractivity (Wildman–Crippen MR) is 55.6 cm³/mol. The number of hydrogen-bond donors (Lipinski definition) is 1. The average Bonchev–Trinajstić information content (AvgIpc) is 2.23. The van der Waals surface area contributed by atoms with Crippen molar-refractivity contribution in [2.24, 2.45) is 5.11 Å². The summed E-state index contributed by atoms with van der Waals surface area (Å²) in [5.41, 5.74) is 14.4. The lowest BCUT2D eigenvalue weighted by Crippen LogP contribution is -2.07. The van der Waals surface area contributed by atoms with Gasteiger partial charge >= 0.3 is 5.97 Å². The van der Waals surface area contributed by atoms with Crippen LogP contribution in [0.25, 0.3) is 10.4 Å². The SMILES string of the molecule is CCC(=O)Oc1c(N)cccc1N=[N+]=[N-]. The van der Waals surface area contributed by atoms with Gasteiger partial charge in [0, 0.05) is 11.3 Å². The van der Waals surface area contributed by atoms with E-state index in [2.05, 4.69) is 10.0 Å². The Hall–Kier alpha value is -2.20. The third-order valence-corrected chi connectivity index (χ3v) is 1.68. The molecular weight excluding hydrogens is 196 g/mol. The predicted octanol–water partition coefficient (Wildman–Crippen LogP) is 2.53. The molecule has 0 aliphatic carbocycles. The number of hydrogen-bond acceptors (Lipinski definition) is 4. The quantitative estimate of drug-likeness (QED) is 0.205. The first-order chi connectivity index (χ1) is 7.19. The first-order valence-corrected chi connectivity index (χ1v) is 4.33. The molecule has 1 rings (SSSR count). The minimum Gasteiger partial charge on any atom is -0.424 e. The molecule has 0 fully saturated rings. The van der Waals surface area contributed by atoms with Gasteiger partial charge in [0.15, 0.2) is 5.75 Å². The van der Waals surface area contributed by atoms with Crippen LogP contribution in [-0.2, 0) is 4.79 Å². The van der Waals surface area contributed by atoms with Crippen molar-refractivity contribution >= 4 is 17.3 Å². The third kappa shape index (κ3) is 2.62. The molecule has 0 aliphatic heterocycles. The highest BCUT2D eigenvalue weighted by molar-refractivity contribution is 5.78. The van der Waals surface area contributed by atoms with Crippen molar-refractivity contribution in [3.63, 3.8) is 0 Å². The summed E-state index contributed by atoms with van der Waals surface area (Å²) in [6, 6.07) is 4.70. The first-order valence-electron chi connectivity index (χ1n) is 4.33. The van der Waals surface area contributed by atoms with E-state index in [0.29, 0.717) is 0 Å². The molecule has 6 nitrogen and oxygen atoms in total. The maximum absolute atomic E-state index is 11.1. The first kappa shape index (κ1) is 10.9. The number of benzene rings is 1. The van der Waals surface area contributed by atoms with Crippen LogP contribution >= 0.6 is 0 Å². The van der Waals surface area contributed by atoms with Gasteiger partial charge in [-0.25, -0.2) is 0 Å². The van der Waals surface area contributed by atoms with E-state index >= 15 is 0 Å². The molecule has 0 unspecified atom stereocenters.